The molecular weight excluding hydrogens is 195 g/mol. The minimum Gasteiger partial charge on any atom is -0.296 e. The number of hydrogen-bond donors (Lipinski definition) is 2. The molecule has 2 N–H and O–H groups in total. The number of nitrogens with one attached hydrogen (secondary N) is 2. The van der Waals surface area contributed by atoms with Crippen LogP contribution in [-0.4, -0.2) is 34.9 Å². The van der Waals surface area contributed by atoms with Crippen LogP contribution in [0.1, 0.15) is 6.42 Å². The molecule has 5 heteroatoms. The van der Waals surface area contributed by atoms with E-state index >= 15 is 0 Å². The van der Waals surface area contributed by atoms with Gasteiger partial charge in [0.05, 0.1) is 6.04 Å². The molecule has 1 fully saturated rings. The van der Waals surface area contributed by atoms with Crippen molar-refractivity contribution in [3.8, 4) is 0 Å². The molecule has 15 heavy (non-hydrogen) atoms. The second-order valence-electron chi connectivity index (χ2n) is 3.77. The zero-order valence-electron chi connectivity index (χ0n) is 8.50. The van der Waals surface area contributed by atoms with Crippen LogP contribution in [0, 0.1) is 16.6 Å². The average molecular weight is 208 g/mol. The molecule has 0 amide bonds. The Morgan fingerprint density at radius 2 is 2.27 bits per heavy atom. The lowest BCUT2D eigenvalue weighted by molar-refractivity contribution is 0.177. The summed E-state index contributed by atoms with van der Waals surface area (Å²) in [4.78, 5) is 2.01. The van der Waals surface area contributed by atoms with E-state index in [1.807, 2.05) is 11.9 Å². The van der Waals surface area contributed by atoms with E-state index in [1.165, 1.54) is 22.9 Å². The van der Waals surface area contributed by atoms with E-state index in [0.717, 1.165) is 13.0 Å². The third kappa shape index (κ3) is 1.70. The Labute approximate surface area is 87.0 Å². The molecule has 1 atom stereocenters. The lowest BCUT2D eigenvalue weighted by Crippen LogP contribution is -2.53. The zero-order chi connectivity index (χ0) is 11.0. The molecule has 0 radical (unpaired) electrons. The number of likely N-dealkylation sites (tertiary alicyclic amines) is 1. The minimum atomic E-state index is -0.419. The van der Waals surface area contributed by atoms with E-state index in [-0.39, 0.29) is 17.4 Å². The largest absolute Gasteiger partial charge is 0.296 e. The molecule has 0 bridgehead atoms. The first-order valence-electron chi connectivity index (χ1n) is 4.81. The Hall–Kier alpha value is -1.49. The molecule has 0 aliphatic carbocycles. The van der Waals surface area contributed by atoms with Crippen molar-refractivity contribution in [2.75, 3.05) is 13.6 Å². The van der Waals surface area contributed by atoms with Gasteiger partial charge in [0.2, 0.25) is 0 Å². The van der Waals surface area contributed by atoms with E-state index < -0.39 is 5.82 Å². The fourth-order valence-corrected chi connectivity index (χ4v) is 1.70. The zero-order valence-corrected chi connectivity index (χ0v) is 8.50. The van der Waals surface area contributed by atoms with Gasteiger partial charge < -0.3 is 0 Å². The molecule has 1 aromatic heterocycles. The van der Waals surface area contributed by atoms with Crippen molar-refractivity contribution in [1.29, 1.82) is 10.8 Å². The van der Waals surface area contributed by atoms with Crippen molar-refractivity contribution in [3.05, 3.63) is 29.6 Å². The molecular formula is C10H13FN4. The highest BCUT2D eigenvalue weighted by molar-refractivity contribution is 5.87. The summed E-state index contributed by atoms with van der Waals surface area (Å²) in [6.07, 6.45) is 2.09. The van der Waals surface area contributed by atoms with Gasteiger partial charge in [-0.3, -0.25) is 20.3 Å². The Balaban J connectivity index is 2.33. The lowest BCUT2D eigenvalue weighted by Gasteiger charge is -2.38. The van der Waals surface area contributed by atoms with Gasteiger partial charge in [-0.25, -0.2) is 4.39 Å². The normalized spacial score (nSPS) is 21.1. The van der Waals surface area contributed by atoms with E-state index in [9.17, 15) is 4.39 Å². The highest BCUT2D eigenvalue weighted by atomic mass is 19.1. The predicted octanol–water partition coefficient (Wildman–Crippen LogP) is 0.636. The topological polar surface area (TPSA) is 55.9 Å². The molecule has 4 nitrogen and oxygen atoms in total. The standard InChI is InChI=1S/C10H13FN4/c1-14-5-4-8(14)10(13)15-6-7(11)2-3-9(15)12/h2-3,6,8,12-13H,4-5H2,1H3/t8-/m0/s1. The molecule has 0 unspecified atom stereocenters. The summed E-state index contributed by atoms with van der Waals surface area (Å²) in [6.45, 7) is 0.955. The molecule has 2 rings (SSSR count). The lowest BCUT2D eigenvalue weighted by atomic mass is 10.0. The number of rotatable bonds is 1. The highest BCUT2D eigenvalue weighted by Gasteiger charge is 2.29. The van der Waals surface area contributed by atoms with Crippen LogP contribution in [0.3, 0.4) is 0 Å². The summed E-state index contributed by atoms with van der Waals surface area (Å²) >= 11 is 0. The van der Waals surface area contributed by atoms with Crippen LogP contribution in [0.15, 0.2) is 18.3 Å². The van der Waals surface area contributed by atoms with Crippen LogP contribution >= 0.6 is 0 Å². The van der Waals surface area contributed by atoms with Crippen LogP contribution in [0.2, 0.25) is 0 Å². The quantitative estimate of drug-likeness (QED) is 0.516. The fourth-order valence-electron chi connectivity index (χ4n) is 1.70. The third-order valence-corrected chi connectivity index (χ3v) is 2.77. The summed E-state index contributed by atoms with van der Waals surface area (Å²) in [5.74, 6) is -0.147. The number of aromatic nitrogens is 1. The molecule has 1 aromatic rings. The summed E-state index contributed by atoms with van der Waals surface area (Å²) in [7, 11) is 1.92. The monoisotopic (exact) mass is 208 g/mol. The Bertz CT molecular complexity index is 451. The smallest absolute Gasteiger partial charge is 0.140 e. The van der Waals surface area contributed by atoms with Crippen LogP contribution in [0.5, 0.6) is 0 Å². The SMILES string of the molecule is CN1CC[C@H]1C(=N)n1cc(F)ccc1=N. The van der Waals surface area contributed by atoms with Gasteiger partial charge in [-0.2, -0.15) is 0 Å². The van der Waals surface area contributed by atoms with Gasteiger partial charge in [0.1, 0.15) is 17.1 Å². The van der Waals surface area contributed by atoms with Crippen molar-refractivity contribution in [3.63, 3.8) is 0 Å². The van der Waals surface area contributed by atoms with Crippen molar-refractivity contribution < 1.29 is 4.39 Å². The second-order valence-corrected chi connectivity index (χ2v) is 3.77. The first-order chi connectivity index (χ1) is 7.09. The maximum atomic E-state index is 13.0. The molecule has 2 heterocycles. The van der Waals surface area contributed by atoms with Crippen molar-refractivity contribution in [2.45, 2.75) is 12.5 Å². The average Bonchev–Trinajstić information content (AvgIpc) is 2.19. The molecule has 0 aromatic carbocycles. The number of pyridine rings is 1. The third-order valence-electron chi connectivity index (χ3n) is 2.77. The first kappa shape index (κ1) is 10.0. The molecule has 1 saturated heterocycles. The molecule has 80 valence electrons. The summed E-state index contributed by atoms with van der Waals surface area (Å²) in [6, 6.07) is 2.61. The van der Waals surface area contributed by atoms with Crippen molar-refractivity contribution in [1.82, 2.24) is 9.47 Å². The van der Waals surface area contributed by atoms with Crippen LogP contribution in [-0.2, 0) is 0 Å². The summed E-state index contributed by atoms with van der Waals surface area (Å²) in [5.41, 5.74) is 0.140. The van der Waals surface area contributed by atoms with Crippen LogP contribution in [0.25, 0.3) is 0 Å². The van der Waals surface area contributed by atoms with E-state index in [0.29, 0.717) is 0 Å². The van der Waals surface area contributed by atoms with Crippen molar-refractivity contribution in [2.24, 2.45) is 0 Å². The maximum Gasteiger partial charge on any atom is 0.140 e. The Morgan fingerprint density at radius 1 is 1.53 bits per heavy atom. The Kier molecular flexibility index (Phi) is 2.40. The molecule has 1 aliphatic heterocycles. The molecule has 0 spiro atoms. The highest BCUT2D eigenvalue weighted by Crippen LogP contribution is 2.15. The van der Waals surface area contributed by atoms with Crippen LogP contribution < -0.4 is 5.49 Å². The van der Waals surface area contributed by atoms with E-state index in [2.05, 4.69) is 0 Å². The first-order valence-corrected chi connectivity index (χ1v) is 4.81. The summed E-state index contributed by atoms with van der Waals surface area (Å²) in [5, 5.41) is 15.5. The number of nitrogens with zero attached hydrogens (tertiary/aromatic N) is 2. The van der Waals surface area contributed by atoms with Gasteiger partial charge in [0.25, 0.3) is 0 Å². The number of halogens is 1. The van der Waals surface area contributed by atoms with E-state index in [4.69, 9.17) is 10.8 Å². The predicted molar refractivity (Wildman–Crippen MR) is 54.4 cm³/mol. The second kappa shape index (κ2) is 3.58. The fraction of sp³-hybridized carbons (Fsp3) is 0.400. The van der Waals surface area contributed by atoms with Crippen molar-refractivity contribution >= 4 is 5.84 Å². The van der Waals surface area contributed by atoms with Gasteiger partial charge in [-0.15, -0.1) is 0 Å². The van der Waals surface area contributed by atoms with Gasteiger partial charge in [0.15, 0.2) is 0 Å². The number of likely N-dealkylation sites (N-methyl/N-ethyl adjacent to an activating group) is 1. The Morgan fingerprint density at radius 3 is 2.80 bits per heavy atom. The molecule has 0 saturated carbocycles. The summed E-state index contributed by atoms with van der Waals surface area (Å²) < 4.78 is 14.3. The molecule has 1 aliphatic rings. The maximum absolute atomic E-state index is 13.0. The van der Waals surface area contributed by atoms with Gasteiger partial charge in [0, 0.05) is 12.7 Å². The minimum absolute atomic E-state index is 0.0147. The number of hydrogen-bond acceptors (Lipinski definition) is 3. The van der Waals surface area contributed by atoms with Gasteiger partial charge >= 0.3 is 0 Å². The van der Waals surface area contributed by atoms with E-state index in [1.54, 1.807) is 0 Å². The van der Waals surface area contributed by atoms with Gasteiger partial charge in [-0.1, -0.05) is 0 Å². The van der Waals surface area contributed by atoms with Gasteiger partial charge in [-0.05, 0) is 25.6 Å². The van der Waals surface area contributed by atoms with Crippen LogP contribution in [0.4, 0.5) is 4.39 Å².